The zero-order chi connectivity index (χ0) is 7.40. The summed E-state index contributed by atoms with van der Waals surface area (Å²) in [6.07, 6.45) is 7.29. The molecule has 0 nitrogen and oxygen atoms in total. The number of rotatable bonds is 2. The lowest BCUT2D eigenvalue weighted by atomic mass is 10.2. The van der Waals surface area contributed by atoms with E-state index >= 15 is 0 Å². The van der Waals surface area contributed by atoms with Crippen molar-refractivity contribution in [1.29, 1.82) is 0 Å². The van der Waals surface area contributed by atoms with Crippen molar-refractivity contribution >= 4 is 35.3 Å². The summed E-state index contributed by atoms with van der Waals surface area (Å²) >= 11 is 6.18. The van der Waals surface area contributed by atoms with Crippen molar-refractivity contribution in [1.82, 2.24) is 0 Å². The molecule has 0 spiro atoms. The standard InChI is InChI=1S/C7H14S3/c1-8-6-3-4-7(9-2)10-5-6/h6-7H,3-5H2,1-2H3. The average molecular weight is 194 g/mol. The van der Waals surface area contributed by atoms with E-state index in [-0.39, 0.29) is 0 Å². The third-order valence-corrected chi connectivity index (χ3v) is 6.02. The number of hydrogen-bond acceptors (Lipinski definition) is 3. The molecule has 2 atom stereocenters. The van der Waals surface area contributed by atoms with Crippen LogP contribution in [0.2, 0.25) is 0 Å². The molecule has 1 saturated heterocycles. The molecule has 1 rings (SSSR count). The normalized spacial score (nSPS) is 34.2. The third kappa shape index (κ3) is 2.59. The molecule has 1 aliphatic heterocycles. The fourth-order valence-electron chi connectivity index (χ4n) is 1.08. The molecule has 1 fully saturated rings. The first-order valence-electron chi connectivity index (χ1n) is 3.54. The van der Waals surface area contributed by atoms with E-state index < -0.39 is 0 Å². The molecule has 60 valence electrons. The first-order valence-corrected chi connectivity index (χ1v) is 7.16. The molecule has 0 amide bonds. The second-order valence-corrected chi connectivity index (χ2v) is 6.15. The Morgan fingerprint density at radius 3 is 2.40 bits per heavy atom. The Kier molecular flexibility index (Phi) is 4.42. The minimum absolute atomic E-state index is 0.892. The maximum Gasteiger partial charge on any atom is 0.0500 e. The molecule has 0 aliphatic carbocycles. The highest BCUT2D eigenvalue weighted by atomic mass is 32.2. The van der Waals surface area contributed by atoms with Crippen LogP contribution in [0.4, 0.5) is 0 Å². The fourth-order valence-corrected chi connectivity index (χ4v) is 4.28. The van der Waals surface area contributed by atoms with Crippen molar-refractivity contribution in [2.24, 2.45) is 0 Å². The van der Waals surface area contributed by atoms with Crippen LogP contribution in [0.5, 0.6) is 0 Å². The van der Waals surface area contributed by atoms with E-state index in [0.717, 1.165) is 9.83 Å². The van der Waals surface area contributed by atoms with Gasteiger partial charge in [0.1, 0.15) is 0 Å². The Morgan fingerprint density at radius 1 is 1.20 bits per heavy atom. The Labute approximate surface area is 76.3 Å². The van der Waals surface area contributed by atoms with E-state index in [2.05, 4.69) is 24.3 Å². The molecule has 0 bridgehead atoms. The molecule has 0 radical (unpaired) electrons. The summed E-state index contributed by atoms with van der Waals surface area (Å²) in [5.41, 5.74) is 0. The molecule has 1 heterocycles. The minimum atomic E-state index is 0.892. The summed E-state index contributed by atoms with van der Waals surface area (Å²) < 4.78 is 0.892. The minimum Gasteiger partial charge on any atom is -0.161 e. The topological polar surface area (TPSA) is 0 Å². The van der Waals surface area contributed by atoms with E-state index in [4.69, 9.17) is 0 Å². The lowest BCUT2D eigenvalue weighted by Gasteiger charge is -2.25. The first-order chi connectivity index (χ1) is 4.86. The van der Waals surface area contributed by atoms with Crippen molar-refractivity contribution < 1.29 is 0 Å². The average Bonchev–Trinajstić information content (AvgIpc) is 2.05. The zero-order valence-electron chi connectivity index (χ0n) is 6.50. The number of hydrogen-bond donors (Lipinski definition) is 0. The first kappa shape index (κ1) is 9.14. The van der Waals surface area contributed by atoms with E-state index in [1.165, 1.54) is 18.6 Å². The molecular formula is C7H14S3. The lowest BCUT2D eigenvalue weighted by molar-refractivity contribution is 0.763. The van der Waals surface area contributed by atoms with Gasteiger partial charge in [0, 0.05) is 11.0 Å². The molecule has 0 aromatic carbocycles. The molecule has 10 heavy (non-hydrogen) atoms. The Bertz CT molecular complexity index is 74.9. The number of thioether (sulfide) groups is 3. The van der Waals surface area contributed by atoms with Gasteiger partial charge >= 0.3 is 0 Å². The summed E-state index contributed by atoms with van der Waals surface area (Å²) in [6.45, 7) is 0. The summed E-state index contributed by atoms with van der Waals surface area (Å²) in [6, 6.07) is 0. The third-order valence-electron chi connectivity index (χ3n) is 1.79. The SMILES string of the molecule is CSC1CCC(SC)SC1. The van der Waals surface area contributed by atoms with Gasteiger partial charge in [-0.05, 0) is 25.4 Å². The smallest absolute Gasteiger partial charge is 0.0500 e. The highest BCUT2D eigenvalue weighted by Gasteiger charge is 2.19. The summed E-state index contributed by atoms with van der Waals surface area (Å²) in [5, 5.41) is 0.938. The van der Waals surface area contributed by atoms with Crippen LogP contribution in [-0.4, -0.2) is 28.1 Å². The van der Waals surface area contributed by atoms with Crippen LogP contribution in [0, 0.1) is 0 Å². The predicted molar refractivity (Wildman–Crippen MR) is 56.3 cm³/mol. The van der Waals surface area contributed by atoms with E-state index in [1.54, 1.807) is 0 Å². The van der Waals surface area contributed by atoms with Crippen molar-refractivity contribution in [3.63, 3.8) is 0 Å². The molecule has 0 saturated carbocycles. The van der Waals surface area contributed by atoms with Crippen molar-refractivity contribution in [2.45, 2.75) is 22.7 Å². The van der Waals surface area contributed by atoms with Crippen LogP contribution in [0.3, 0.4) is 0 Å². The van der Waals surface area contributed by atoms with Gasteiger partial charge in [-0.25, -0.2) is 0 Å². The van der Waals surface area contributed by atoms with Crippen LogP contribution in [0.1, 0.15) is 12.8 Å². The Hall–Kier alpha value is 1.05. The highest BCUT2D eigenvalue weighted by molar-refractivity contribution is 8.17. The molecule has 2 unspecified atom stereocenters. The van der Waals surface area contributed by atoms with Gasteiger partial charge in [-0.2, -0.15) is 23.5 Å². The van der Waals surface area contributed by atoms with Gasteiger partial charge in [0.25, 0.3) is 0 Å². The van der Waals surface area contributed by atoms with Gasteiger partial charge in [-0.1, -0.05) is 0 Å². The van der Waals surface area contributed by atoms with Gasteiger partial charge in [0.15, 0.2) is 0 Å². The fraction of sp³-hybridized carbons (Fsp3) is 1.00. The Balaban J connectivity index is 2.17. The van der Waals surface area contributed by atoms with E-state index in [9.17, 15) is 0 Å². The predicted octanol–water partition coefficient (Wildman–Crippen LogP) is 2.93. The van der Waals surface area contributed by atoms with Crippen LogP contribution in [0.15, 0.2) is 0 Å². The van der Waals surface area contributed by atoms with Gasteiger partial charge < -0.3 is 0 Å². The monoisotopic (exact) mass is 194 g/mol. The Morgan fingerprint density at radius 2 is 2.00 bits per heavy atom. The van der Waals surface area contributed by atoms with Gasteiger partial charge in [0.2, 0.25) is 0 Å². The van der Waals surface area contributed by atoms with Gasteiger partial charge in [-0.3, -0.25) is 0 Å². The highest BCUT2D eigenvalue weighted by Crippen LogP contribution is 2.35. The molecule has 0 N–H and O–H groups in total. The van der Waals surface area contributed by atoms with Gasteiger partial charge in [-0.15, -0.1) is 11.8 Å². The maximum absolute atomic E-state index is 2.23. The van der Waals surface area contributed by atoms with E-state index in [1.807, 2.05) is 23.5 Å². The molecule has 3 heteroatoms. The quantitative estimate of drug-likeness (QED) is 0.663. The van der Waals surface area contributed by atoms with E-state index in [0.29, 0.717) is 0 Å². The molecule has 1 aliphatic rings. The summed E-state index contributed by atoms with van der Waals surface area (Å²) in [4.78, 5) is 0. The van der Waals surface area contributed by atoms with Crippen LogP contribution < -0.4 is 0 Å². The molecular weight excluding hydrogens is 180 g/mol. The summed E-state index contributed by atoms with van der Waals surface area (Å²) in [5.74, 6) is 1.37. The van der Waals surface area contributed by atoms with Crippen LogP contribution in [-0.2, 0) is 0 Å². The second kappa shape index (κ2) is 4.83. The van der Waals surface area contributed by atoms with Crippen molar-refractivity contribution in [3.8, 4) is 0 Å². The molecule has 0 aromatic heterocycles. The molecule has 0 aromatic rings. The largest absolute Gasteiger partial charge is 0.161 e. The second-order valence-electron chi connectivity index (χ2n) is 2.43. The summed E-state index contributed by atoms with van der Waals surface area (Å²) in [7, 11) is 0. The van der Waals surface area contributed by atoms with Crippen LogP contribution in [0.25, 0.3) is 0 Å². The zero-order valence-corrected chi connectivity index (χ0v) is 8.95. The van der Waals surface area contributed by atoms with Crippen molar-refractivity contribution in [2.75, 3.05) is 18.3 Å². The van der Waals surface area contributed by atoms with Gasteiger partial charge in [0.05, 0.1) is 4.58 Å². The lowest BCUT2D eigenvalue weighted by Crippen LogP contribution is -2.16. The van der Waals surface area contributed by atoms with Crippen LogP contribution >= 0.6 is 35.3 Å². The maximum atomic E-state index is 2.23. The van der Waals surface area contributed by atoms with Crippen molar-refractivity contribution in [3.05, 3.63) is 0 Å².